The van der Waals surface area contributed by atoms with Crippen molar-refractivity contribution < 1.29 is 14.3 Å². The Hall–Kier alpha value is -3.56. The number of methoxy groups -OCH3 is 1. The second-order valence-corrected chi connectivity index (χ2v) is 9.13. The van der Waals surface area contributed by atoms with Crippen molar-refractivity contribution >= 4 is 17.1 Å². The van der Waals surface area contributed by atoms with E-state index in [1.54, 1.807) is 18.7 Å². The molecule has 3 aromatic rings. The quantitative estimate of drug-likeness (QED) is 0.541. The van der Waals surface area contributed by atoms with Crippen LogP contribution in [0.15, 0.2) is 33.9 Å². The average molecular weight is 468 g/mol. The minimum atomic E-state index is -0.443. The van der Waals surface area contributed by atoms with E-state index < -0.39 is 11.2 Å². The topological polar surface area (TPSA) is 101 Å². The third kappa shape index (κ3) is 3.97. The summed E-state index contributed by atoms with van der Waals surface area (Å²) in [6, 6.07) is 7.86. The van der Waals surface area contributed by atoms with Gasteiger partial charge in [0.25, 0.3) is 11.6 Å². The molecule has 0 radical (unpaired) electrons. The fraction of sp³-hybridized carbons (Fsp3) is 0.500. The minimum Gasteiger partial charge on any atom is -0.497 e. The number of benzene rings is 1. The van der Waals surface area contributed by atoms with Gasteiger partial charge >= 0.3 is 5.69 Å². The molecule has 0 atom stereocenters. The van der Waals surface area contributed by atoms with E-state index in [0.29, 0.717) is 49.8 Å². The molecule has 180 valence electrons. The highest BCUT2D eigenvalue weighted by molar-refractivity contribution is 5.81. The molecular formula is C24H29N5O5. The van der Waals surface area contributed by atoms with Crippen LogP contribution in [-0.4, -0.2) is 55.8 Å². The number of imidazole rings is 1. The van der Waals surface area contributed by atoms with Crippen molar-refractivity contribution in [2.75, 3.05) is 20.2 Å². The number of ether oxygens (including phenoxy) is 2. The number of amides is 1. The second kappa shape index (κ2) is 8.66. The summed E-state index contributed by atoms with van der Waals surface area (Å²) in [7, 11) is 4.66. The van der Waals surface area contributed by atoms with Crippen molar-refractivity contribution in [1.82, 2.24) is 23.6 Å². The van der Waals surface area contributed by atoms with E-state index in [1.165, 1.54) is 11.6 Å². The van der Waals surface area contributed by atoms with Gasteiger partial charge in [0.2, 0.25) is 5.91 Å². The van der Waals surface area contributed by atoms with Crippen LogP contribution in [-0.2, 0) is 25.4 Å². The van der Waals surface area contributed by atoms with Crippen LogP contribution < -0.4 is 20.7 Å². The number of carbonyl (C=O) groups excluding carboxylic acids is 1. The maximum Gasteiger partial charge on any atom is 0.332 e. The molecule has 34 heavy (non-hydrogen) atoms. The average Bonchev–Trinajstić information content (AvgIpc) is 3.65. The molecule has 10 heteroatoms. The van der Waals surface area contributed by atoms with Crippen LogP contribution in [0.4, 0.5) is 0 Å². The van der Waals surface area contributed by atoms with Crippen LogP contribution in [0.3, 0.4) is 0 Å². The number of carbonyl (C=O) groups is 1. The summed E-state index contributed by atoms with van der Waals surface area (Å²) in [5, 5.41) is 0. The van der Waals surface area contributed by atoms with Crippen LogP contribution in [0.5, 0.6) is 11.8 Å². The van der Waals surface area contributed by atoms with Gasteiger partial charge in [0, 0.05) is 45.9 Å². The van der Waals surface area contributed by atoms with Crippen molar-refractivity contribution in [1.29, 1.82) is 0 Å². The molecule has 1 aromatic carbocycles. The lowest BCUT2D eigenvalue weighted by atomic mass is 10.1. The molecule has 10 nitrogen and oxygen atoms in total. The van der Waals surface area contributed by atoms with Gasteiger partial charge in [-0.3, -0.25) is 23.3 Å². The third-order valence-corrected chi connectivity index (χ3v) is 6.74. The third-order valence-electron chi connectivity index (χ3n) is 6.74. The number of nitrogens with zero attached hydrogens (tertiary/aromatic N) is 5. The lowest BCUT2D eigenvalue weighted by Gasteiger charge is -2.32. The Morgan fingerprint density at radius 1 is 1.09 bits per heavy atom. The standard InChI is InChI=1S/C24H29N5O5/c1-26-20-19(22(31)27(2)24(26)32)29(14-15-5-4-6-18(13-15)33-3)23(25-20)34-17-9-11-28(12-10-17)21(30)16-7-8-16/h4-6,13,16-17H,7-12,14H2,1-3H3. The van der Waals surface area contributed by atoms with Gasteiger partial charge in [-0.05, 0) is 30.5 Å². The van der Waals surface area contributed by atoms with Crippen molar-refractivity contribution in [2.24, 2.45) is 20.0 Å². The van der Waals surface area contributed by atoms with Crippen LogP contribution in [0.25, 0.3) is 11.2 Å². The van der Waals surface area contributed by atoms with E-state index in [4.69, 9.17) is 9.47 Å². The summed E-state index contributed by atoms with van der Waals surface area (Å²) in [5.74, 6) is 1.17. The van der Waals surface area contributed by atoms with Crippen molar-refractivity contribution in [3.8, 4) is 11.8 Å². The monoisotopic (exact) mass is 467 g/mol. The second-order valence-electron chi connectivity index (χ2n) is 9.13. The molecule has 2 fully saturated rings. The molecular weight excluding hydrogens is 438 g/mol. The number of piperidine rings is 1. The van der Waals surface area contributed by atoms with Gasteiger partial charge in [-0.15, -0.1) is 0 Å². The number of hydrogen-bond acceptors (Lipinski definition) is 6. The molecule has 5 rings (SSSR count). The van der Waals surface area contributed by atoms with Gasteiger partial charge in [-0.1, -0.05) is 12.1 Å². The highest BCUT2D eigenvalue weighted by atomic mass is 16.5. The smallest absolute Gasteiger partial charge is 0.332 e. The van der Waals surface area contributed by atoms with Gasteiger partial charge in [-0.2, -0.15) is 4.98 Å². The predicted octanol–water partition coefficient (Wildman–Crippen LogP) is 1.27. The van der Waals surface area contributed by atoms with E-state index in [-0.39, 0.29) is 23.6 Å². The first-order valence-corrected chi connectivity index (χ1v) is 11.6. The summed E-state index contributed by atoms with van der Waals surface area (Å²) >= 11 is 0. The zero-order valence-electron chi connectivity index (χ0n) is 19.7. The van der Waals surface area contributed by atoms with E-state index in [9.17, 15) is 14.4 Å². The molecule has 0 bridgehead atoms. The van der Waals surface area contributed by atoms with Gasteiger partial charge in [0.15, 0.2) is 11.2 Å². The van der Waals surface area contributed by atoms with Gasteiger partial charge in [0.1, 0.15) is 11.9 Å². The Morgan fingerprint density at radius 2 is 1.82 bits per heavy atom. The molecule has 1 saturated carbocycles. The Bertz CT molecular complexity index is 1360. The lowest BCUT2D eigenvalue weighted by molar-refractivity contribution is -0.134. The largest absolute Gasteiger partial charge is 0.497 e. The Labute approximate surface area is 196 Å². The molecule has 1 saturated heterocycles. The normalized spacial score (nSPS) is 16.7. The highest BCUT2D eigenvalue weighted by Gasteiger charge is 2.35. The van der Waals surface area contributed by atoms with E-state index >= 15 is 0 Å². The molecule has 0 N–H and O–H groups in total. The minimum absolute atomic E-state index is 0.134. The van der Waals surface area contributed by atoms with Crippen molar-refractivity contribution in [2.45, 2.75) is 38.3 Å². The molecule has 0 unspecified atom stereocenters. The van der Waals surface area contributed by atoms with Crippen LogP contribution in [0.1, 0.15) is 31.2 Å². The summed E-state index contributed by atoms with van der Waals surface area (Å²) in [5.41, 5.74) is 0.635. The molecule has 3 heterocycles. The summed E-state index contributed by atoms with van der Waals surface area (Å²) in [6.45, 7) is 1.63. The highest BCUT2D eigenvalue weighted by Crippen LogP contribution is 2.32. The van der Waals surface area contributed by atoms with Crippen molar-refractivity contribution in [3.63, 3.8) is 0 Å². The zero-order valence-corrected chi connectivity index (χ0v) is 19.7. The fourth-order valence-corrected chi connectivity index (χ4v) is 4.55. The number of aryl methyl sites for hydroxylation is 1. The zero-order chi connectivity index (χ0) is 24.0. The number of aromatic nitrogens is 4. The molecule has 1 aliphatic carbocycles. The van der Waals surface area contributed by atoms with E-state index in [1.807, 2.05) is 29.2 Å². The van der Waals surface area contributed by atoms with E-state index in [2.05, 4.69) is 4.98 Å². The SMILES string of the molecule is COc1cccc(Cn2c(OC3CCN(C(=O)C4CC4)CC3)nc3c2c(=O)n(C)c(=O)n3C)c1. The molecule has 1 amide bonds. The predicted molar refractivity (Wildman–Crippen MR) is 125 cm³/mol. The first kappa shape index (κ1) is 22.2. The van der Waals surface area contributed by atoms with Gasteiger partial charge in [0.05, 0.1) is 13.7 Å². The van der Waals surface area contributed by atoms with Gasteiger partial charge in [-0.25, -0.2) is 4.79 Å². The summed E-state index contributed by atoms with van der Waals surface area (Å²) < 4.78 is 15.8. The maximum atomic E-state index is 13.1. The van der Waals surface area contributed by atoms with Crippen LogP contribution in [0, 0.1) is 5.92 Å². The van der Waals surface area contributed by atoms with E-state index in [0.717, 1.165) is 23.0 Å². The first-order valence-electron chi connectivity index (χ1n) is 11.6. The fourth-order valence-electron chi connectivity index (χ4n) is 4.55. The van der Waals surface area contributed by atoms with Gasteiger partial charge < -0.3 is 14.4 Å². The first-order chi connectivity index (χ1) is 16.4. The molecule has 2 aromatic heterocycles. The summed E-state index contributed by atoms with van der Waals surface area (Å²) in [6.07, 6.45) is 3.24. The summed E-state index contributed by atoms with van der Waals surface area (Å²) in [4.78, 5) is 44.5. The maximum absolute atomic E-state index is 13.1. The Morgan fingerprint density at radius 3 is 2.50 bits per heavy atom. The number of likely N-dealkylation sites (tertiary alicyclic amines) is 1. The molecule has 2 aliphatic rings. The number of rotatable bonds is 6. The Kier molecular flexibility index (Phi) is 5.66. The Balaban J connectivity index is 1.49. The number of hydrogen-bond donors (Lipinski definition) is 0. The van der Waals surface area contributed by atoms with Crippen LogP contribution >= 0.6 is 0 Å². The van der Waals surface area contributed by atoms with Crippen LogP contribution in [0.2, 0.25) is 0 Å². The molecule has 0 spiro atoms. The number of fused-ring (bicyclic) bond motifs is 1. The molecule has 1 aliphatic heterocycles. The van der Waals surface area contributed by atoms with Crippen molar-refractivity contribution in [3.05, 3.63) is 50.7 Å². The lowest BCUT2D eigenvalue weighted by Crippen LogP contribution is -2.42.